The molecular weight excluding hydrogens is 708 g/mol. The van der Waals surface area contributed by atoms with Gasteiger partial charge in [0.25, 0.3) is 0 Å². The molecule has 2 aliphatic rings. The minimum absolute atomic E-state index is 0.00269. The number of rotatable bonds is 9. The Kier molecular flexibility index (Phi) is 12.9. The van der Waals surface area contributed by atoms with Gasteiger partial charge in [-0.2, -0.15) is 0 Å². The van der Waals surface area contributed by atoms with Crippen molar-refractivity contribution < 1.29 is 32.3 Å². The highest BCUT2D eigenvalue weighted by atomic mass is 127. The predicted molar refractivity (Wildman–Crippen MR) is 191 cm³/mol. The quantitative estimate of drug-likeness (QED) is 0.101. The van der Waals surface area contributed by atoms with Gasteiger partial charge in [0, 0.05) is 22.6 Å². The summed E-state index contributed by atoms with van der Waals surface area (Å²) in [5.74, 6) is 3.13. The van der Waals surface area contributed by atoms with Crippen molar-refractivity contribution in [3.8, 4) is 9.85 Å². The summed E-state index contributed by atoms with van der Waals surface area (Å²) in [7, 11) is -5.46. The number of methoxy groups -OCH3 is 1. The van der Waals surface area contributed by atoms with E-state index >= 15 is 0 Å². The Balaban J connectivity index is 2.74. The fourth-order valence-electron chi connectivity index (χ4n) is 4.67. The van der Waals surface area contributed by atoms with Crippen molar-refractivity contribution in [1.82, 2.24) is 0 Å². The molecule has 7 nitrogen and oxygen atoms in total. The second-order valence-electron chi connectivity index (χ2n) is 16.9. The SMILES string of the molecule is COC(=O)CC1CC[C@@H]2OC(C(C#CI)O[Si](C)(C)C(C)(C)C)C(O[Si](C)(C)C(C)(C)C)C(O[Si](C)(C)C(C)(C)C)[C@H]2O1. The second kappa shape index (κ2) is 14.1. The maximum atomic E-state index is 12.3. The first-order valence-electron chi connectivity index (χ1n) is 15.8. The van der Waals surface area contributed by atoms with E-state index in [9.17, 15) is 4.79 Å². The molecule has 0 bridgehead atoms. The van der Waals surface area contributed by atoms with Gasteiger partial charge in [-0.15, -0.1) is 0 Å². The first-order valence-corrected chi connectivity index (χ1v) is 25.6. The largest absolute Gasteiger partial charge is 0.469 e. The van der Waals surface area contributed by atoms with Gasteiger partial charge in [0.2, 0.25) is 0 Å². The molecule has 11 heteroatoms. The Morgan fingerprint density at radius 1 is 0.814 bits per heavy atom. The van der Waals surface area contributed by atoms with Crippen LogP contribution >= 0.6 is 22.6 Å². The topological polar surface area (TPSA) is 72.5 Å². The molecule has 2 heterocycles. The van der Waals surface area contributed by atoms with E-state index in [-0.39, 0.29) is 45.8 Å². The van der Waals surface area contributed by atoms with E-state index < -0.39 is 49.4 Å². The highest BCUT2D eigenvalue weighted by molar-refractivity contribution is 14.1. The Morgan fingerprint density at radius 2 is 1.30 bits per heavy atom. The van der Waals surface area contributed by atoms with Crippen LogP contribution in [0.3, 0.4) is 0 Å². The van der Waals surface area contributed by atoms with Gasteiger partial charge in [0.05, 0.1) is 25.7 Å². The summed E-state index contributed by atoms with van der Waals surface area (Å²) in [6, 6.07) is 0. The van der Waals surface area contributed by atoms with E-state index in [0.29, 0.717) is 6.42 Å². The second-order valence-corrected chi connectivity index (χ2v) is 31.8. The third kappa shape index (κ3) is 9.62. The molecule has 43 heavy (non-hydrogen) atoms. The van der Waals surface area contributed by atoms with Crippen molar-refractivity contribution in [2.45, 2.75) is 179 Å². The van der Waals surface area contributed by atoms with Crippen LogP contribution in [0.2, 0.25) is 54.4 Å². The summed E-state index contributed by atoms with van der Waals surface area (Å²) >= 11 is 2.11. The molecule has 0 aromatic carbocycles. The number of hydrogen-bond acceptors (Lipinski definition) is 7. The first-order chi connectivity index (χ1) is 19.3. The molecule has 0 saturated carbocycles. The molecule has 0 aromatic heterocycles. The van der Waals surface area contributed by atoms with Crippen molar-refractivity contribution in [1.29, 1.82) is 0 Å². The summed E-state index contributed by atoms with van der Waals surface area (Å²) < 4.78 is 43.6. The summed E-state index contributed by atoms with van der Waals surface area (Å²) in [6.45, 7) is 33.9. The van der Waals surface area contributed by atoms with Crippen LogP contribution in [0.25, 0.3) is 0 Å². The minimum atomic E-state index is -2.34. The van der Waals surface area contributed by atoms with E-state index in [1.54, 1.807) is 0 Å². The van der Waals surface area contributed by atoms with E-state index in [1.165, 1.54) is 7.11 Å². The van der Waals surface area contributed by atoms with Crippen LogP contribution in [0, 0.1) is 9.85 Å². The average Bonchev–Trinajstić information content (AvgIpc) is 2.82. The molecule has 0 aromatic rings. The lowest BCUT2D eigenvalue weighted by Gasteiger charge is -2.55. The number of carbonyl (C=O) groups is 1. The maximum Gasteiger partial charge on any atom is 0.308 e. The van der Waals surface area contributed by atoms with Crippen LogP contribution in [0.4, 0.5) is 0 Å². The average molecular weight is 769 g/mol. The molecule has 2 saturated heterocycles. The van der Waals surface area contributed by atoms with Crippen LogP contribution in [0.1, 0.15) is 81.6 Å². The fraction of sp³-hybridized carbons (Fsp3) is 0.906. The fourth-order valence-corrected chi connectivity index (χ4v) is 8.76. The van der Waals surface area contributed by atoms with Crippen molar-refractivity contribution in [3.63, 3.8) is 0 Å². The van der Waals surface area contributed by atoms with Crippen molar-refractivity contribution >= 4 is 53.5 Å². The highest BCUT2D eigenvalue weighted by Gasteiger charge is 2.58. The maximum absolute atomic E-state index is 12.3. The van der Waals surface area contributed by atoms with Gasteiger partial charge >= 0.3 is 5.97 Å². The van der Waals surface area contributed by atoms with Gasteiger partial charge in [-0.1, -0.05) is 68.2 Å². The molecule has 250 valence electrons. The summed E-state index contributed by atoms with van der Waals surface area (Å²) in [5.41, 5.74) is 0. The lowest BCUT2D eigenvalue weighted by molar-refractivity contribution is -0.266. The van der Waals surface area contributed by atoms with Crippen LogP contribution in [0.15, 0.2) is 0 Å². The molecule has 0 radical (unpaired) electrons. The van der Waals surface area contributed by atoms with Gasteiger partial charge in [-0.3, -0.25) is 4.79 Å². The van der Waals surface area contributed by atoms with E-state index in [0.717, 1.165) is 6.42 Å². The van der Waals surface area contributed by atoms with Crippen LogP contribution in [0.5, 0.6) is 0 Å². The van der Waals surface area contributed by atoms with E-state index in [2.05, 4.69) is 134 Å². The minimum Gasteiger partial charge on any atom is -0.469 e. The standard InChI is InChI=1S/C32H61IO7Si3/c1-30(2,3)41(11,12)38-24(19-20-33)27-29(40-43(15,16)32(7,8)9)28(39-42(13,14)31(4,5)6)26-23(37-27)18-17-22(36-26)21-25(34)35-10/h22-24,26-29H,17-18,21H2,1-16H3/t22?,23-,24?,26-,27?,28?,29?/m0/s1. The van der Waals surface area contributed by atoms with Crippen LogP contribution in [-0.2, 0) is 32.3 Å². The highest BCUT2D eigenvalue weighted by Crippen LogP contribution is 2.47. The summed E-state index contributed by atoms with van der Waals surface area (Å²) in [4.78, 5) is 12.3. The molecule has 0 amide bonds. The molecule has 0 aliphatic carbocycles. The lowest BCUT2D eigenvalue weighted by atomic mass is 9.87. The molecule has 5 unspecified atom stereocenters. The van der Waals surface area contributed by atoms with Gasteiger partial charge in [0.1, 0.15) is 30.5 Å². The Bertz CT molecular complexity index is 1020. The van der Waals surface area contributed by atoms with Gasteiger partial charge < -0.3 is 27.5 Å². The van der Waals surface area contributed by atoms with Crippen LogP contribution < -0.4 is 0 Å². The Morgan fingerprint density at radius 3 is 1.74 bits per heavy atom. The zero-order chi connectivity index (χ0) is 33.4. The van der Waals surface area contributed by atoms with Crippen molar-refractivity contribution in [2.75, 3.05) is 7.11 Å². The summed E-state index contributed by atoms with van der Waals surface area (Å²) in [6.07, 6.45) is -1.01. The number of halogens is 1. The Labute approximate surface area is 280 Å². The number of hydrogen-bond donors (Lipinski definition) is 0. The lowest BCUT2D eigenvalue weighted by Crippen LogP contribution is -2.69. The smallest absolute Gasteiger partial charge is 0.308 e. The Hall–Kier alpha value is 0.211. The molecular formula is C32H61IO7Si3. The molecule has 0 N–H and O–H groups in total. The normalized spacial score (nSPS) is 28.4. The number of ether oxygens (including phenoxy) is 3. The monoisotopic (exact) mass is 768 g/mol. The zero-order valence-corrected chi connectivity index (χ0v) is 35.1. The number of esters is 1. The van der Waals surface area contributed by atoms with Gasteiger partial charge in [-0.25, -0.2) is 0 Å². The molecule has 2 fully saturated rings. The zero-order valence-electron chi connectivity index (χ0n) is 29.9. The third-order valence-electron chi connectivity index (χ3n) is 10.6. The third-order valence-corrected chi connectivity index (χ3v) is 24.3. The van der Waals surface area contributed by atoms with Gasteiger partial charge in [-0.05, 0) is 71.2 Å². The van der Waals surface area contributed by atoms with Crippen LogP contribution in [-0.4, -0.2) is 80.8 Å². The molecule has 0 spiro atoms. The van der Waals surface area contributed by atoms with Crippen molar-refractivity contribution in [3.05, 3.63) is 0 Å². The van der Waals surface area contributed by atoms with E-state index in [1.807, 2.05) is 0 Å². The van der Waals surface area contributed by atoms with E-state index in [4.69, 9.17) is 27.5 Å². The van der Waals surface area contributed by atoms with Crippen molar-refractivity contribution in [2.24, 2.45) is 0 Å². The first kappa shape index (κ1) is 39.4. The number of carbonyl (C=O) groups excluding carboxylic acids is 1. The molecule has 2 rings (SSSR count). The molecule has 2 aliphatic heterocycles. The number of fused-ring (bicyclic) bond motifs is 1. The molecule has 7 atom stereocenters. The predicted octanol–water partition coefficient (Wildman–Crippen LogP) is 8.43. The summed E-state index contributed by atoms with van der Waals surface area (Å²) in [5, 5.41) is -0.0737. The van der Waals surface area contributed by atoms with Gasteiger partial charge in [0.15, 0.2) is 25.0 Å².